The van der Waals surface area contributed by atoms with E-state index in [1.54, 1.807) is 0 Å². The molecule has 20 heavy (non-hydrogen) atoms. The minimum Gasteiger partial charge on any atom is -0.394 e. The van der Waals surface area contributed by atoms with Gasteiger partial charge in [0, 0.05) is 24.6 Å². The topological polar surface area (TPSA) is 128 Å². The van der Waals surface area contributed by atoms with Gasteiger partial charge >= 0.3 is 5.69 Å². The Kier molecular flexibility index (Phi) is 4.34. The third kappa shape index (κ3) is 2.80. The van der Waals surface area contributed by atoms with Crippen molar-refractivity contribution in [1.82, 2.24) is 9.55 Å². The van der Waals surface area contributed by atoms with E-state index in [-0.39, 0.29) is 25.9 Å². The minimum absolute atomic E-state index is 0.148. The molecule has 3 N–H and O–H groups in total. The van der Waals surface area contributed by atoms with E-state index in [9.17, 15) is 14.7 Å². The number of ether oxygens (including phenoxy) is 1. The van der Waals surface area contributed by atoms with Gasteiger partial charge < -0.3 is 14.9 Å². The zero-order chi connectivity index (χ0) is 14.7. The molecule has 108 valence electrons. The molecule has 0 aliphatic carbocycles. The van der Waals surface area contributed by atoms with Crippen molar-refractivity contribution >= 4 is 0 Å². The van der Waals surface area contributed by atoms with Gasteiger partial charge in [-0.05, 0) is 6.42 Å². The Morgan fingerprint density at radius 3 is 2.90 bits per heavy atom. The van der Waals surface area contributed by atoms with Crippen LogP contribution in [0.2, 0.25) is 0 Å². The number of aromatic nitrogens is 2. The predicted molar refractivity (Wildman–Crippen MR) is 66.9 cm³/mol. The molecule has 8 nitrogen and oxygen atoms in total. The lowest BCUT2D eigenvalue weighted by Crippen LogP contribution is -2.34. The first-order chi connectivity index (χ1) is 9.56. The molecule has 1 saturated heterocycles. The fraction of sp³-hybridized carbons (Fsp3) is 0.583. The molecule has 0 radical (unpaired) electrons. The molecule has 1 aromatic rings. The summed E-state index contributed by atoms with van der Waals surface area (Å²) >= 11 is 0. The Labute approximate surface area is 113 Å². The Morgan fingerprint density at radius 1 is 1.55 bits per heavy atom. The Balaban J connectivity index is 2.31. The van der Waals surface area contributed by atoms with E-state index < -0.39 is 29.7 Å². The fourth-order valence-corrected chi connectivity index (χ4v) is 2.16. The first kappa shape index (κ1) is 14.5. The van der Waals surface area contributed by atoms with Crippen molar-refractivity contribution in [2.45, 2.75) is 37.7 Å². The largest absolute Gasteiger partial charge is 0.394 e. The van der Waals surface area contributed by atoms with Crippen LogP contribution in [0.4, 0.5) is 0 Å². The standard InChI is InChI=1S/C12H15N3O5/c13-3-1-2-7-5-15(12(19)14-11(7)18)10-4-8(17)9(6-16)20-10/h5,8-10,16-17H,1-2,4,6H2,(H,14,18,19)/t8-,9+,10+/m0/s1. The van der Waals surface area contributed by atoms with Crippen LogP contribution in [0.1, 0.15) is 24.6 Å². The first-order valence-corrected chi connectivity index (χ1v) is 6.22. The molecule has 3 atom stereocenters. The van der Waals surface area contributed by atoms with Gasteiger partial charge in [0.15, 0.2) is 0 Å². The Hall–Kier alpha value is -1.95. The molecule has 2 heterocycles. The number of aliphatic hydroxyl groups is 2. The van der Waals surface area contributed by atoms with Crippen molar-refractivity contribution in [2.24, 2.45) is 0 Å². The second kappa shape index (κ2) is 6.00. The molecule has 1 aliphatic heterocycles. The van der Waals surface area contributed by atoms with Crippen LogP contribution in [0.5, 0.6) is 0 Å². The van der Waals surface area contributed by atoms with Crippen LogP contribution in [0, 0.1) is 11.3 Å². The van der Waals surface area contributed by atoms with Gasteiger partial charge in [0.2, 0.25) is 0 Å². The quantitative estimate of drug-likeness (QED) is 0.625. The smallest absolute Gasteiger partial charge is 0.330 e. The fourth-order valence-electron chi connectivity index (χ4n) is 2.16. The molecule has 0 unspecified atom stereocenters. The second-order valence-corrected chi connectivity index (χ2v) is 4.59. The zero-order valence-corrected chi connectivity index (χ0v) is 10.7. The number of nitrogens with zero attached hydrogens (tertiary/aromatic N) is 2. The monoisotopic (exact) mass is 281 g/mol. The molecular weight excluding hydrogens is 266 g/mol. The average molecular weight is 281 g/mol. The molecule has 2 rings (SSSR count). The lowest BCUT2D eigenvalue weighted by molar-refractivity contribution is -0.0459. The average Bonchev–Trinajstić information content (AvgIpc) is 2.79. The molecule has 0 saturated carbocycles. The highest BCUT2D eigenvalue weighted by Gasteiger charge is 2.35. The van der Waals surface area contributed by atoms with Gasteiger partial charge in [-0.1, -0.05) is 0 Å². The summed E-state index contributed by atoms with van der Waals surface area (Å²) < 4.78 is 6.54. The molecular formula is C12H15N3O5. The molecule has 0 bridgehead atoms. The highest BCUT2D eigenvalue weighted by Crippen LogP contribution is 2.27. The van der Waals surface area contributed by atoms with Crippen LogP contribution in [-0.4, -0.2) is 38.6 Å². The maximum Gasteiger partial charge on any atom is 0.330 e. The number of H-pyrrole nitrogens is 1. The van der Waals surface area contributed by atoms with Gasteiger partial charge in [-0.2, -0.15) is 5.26 Å². The van der Waals surface area contributed by atoms with Crippen molar-refractivity contribution < 1.29 is 14.9 Å². The van der Waals surface area contributed by atoms with E-state index in [0.717, 1.165) is 0 Å². The van der Waals surface area contributed by atoms with Gasteiger partial charge in [-0.25, -0.2) is 4.79 Å². The number of aromatic amines is 1. The summed E-state index contributed by atoms with van der Waals surface area (Å²) in [4.78, 5) is 25.5. The lowest BCUT2D eigenvalue weighted by Gasteiger charge is -2.15. The van der Waals surface area contributed by atoms with Crippen molar-refractivity contribution in [3.05, 3.63) is 32.6 Å². The molecule has 1 aliphatic rings. The van der Waals surface area contributed by atoms with Gasteiger partial charge in [0.05, 0.1) is 18.8 Å². The van der Waals surface area contributed by atoms with Gasteiger partial charge in [-0.3, -0.25) is 14.3 Å². The summed E-state index contributed by atoms with van der Waals surface area (Å²) in [5.74, 6) is 0. The van der Waals surface area contributed by atoms with E-state index >= 15 is 0 Å². The number of aliphatic hydroxyl groups excluding tert-OH is 2. The SMILES string of the molecule is N#CCCc1cn([C@H]2C[C@H](O)[C@@H](CO)O2)c(=O)[nH]c1=O. The third-order valence-corrected chi connectivity index (χ3v) is 3.24. The van der Waals surface area contributed by atoms with Crippen molar-refractivity contribution in [2.75, 3.05) is 6.61 Å². The Morgan fingerprint density at radius 2 is 2.30 bits per heavy atom. The minimum atomic E-state index is -0.869. The van der Waals surface area contributed by atoms with Gasteiger partial charge in [0.25, 0.3) is 5.56 Å². The normalized spacial score (nSPS) is 25.6. The van der Waals surface area contributed by atoms with Crippen LogP contribution in [0.15, 0.2) is 15.8 Å². The van der Waals surface area contributed by atoms with E-state index in [1.165, 1.54) is 10.8 Å². The van der Waals surface area contributed by atoms with Crippen molar-refractivity contribution in [1.29, 1.82) is 5.26 Å². The van der Waals surface area contributed by atoms with Gasteiger partial charge in [0.1, 0.15) is 12.3 Å². The summed E-state index contributed by atoms with van der Waals surface area (Å²) in [5, 5.41) is 27.2. The molecule has 0 spiro atoms. The summed E-state index contributed by atoms with van der Waals surface area (Å²) in [7, 11) is 0. The Bertz CT molecular complexity index is 629. The maximum absolute atomic E-state index is 11.8. The van der Waals surface area contributed by atoms with E-state index in [4.69, 9.17) is 15.1 Å². The number of aryl methyl sites for hydroxylation is 1. The zero-order valence-electron chi connectivity index (χ0n) is 10.7. The first-order valence-electron chi connectivity index (χ1n) is 6.22. The van der Waals surface area contributed by atoms with E-state index in [0.29, 0.717) is 5.56 Å². The molecule has 8 heteroatoms. The molecule has 1 fully saturated rings. The summed E-state index contributed by atoms with van der Waals surface area (Å²) in [6.45, 7) is -0.350. The molecule has 0 aromatic carbocycles. The van der Waals surface area contributed by atoms with Crippen molar-refractivity contribution in [3.8, 4) is 6.07 Å². The van der Waals surface area contributed by atoms with Crippen LogP contribution >= 0.6 is 0 Å². The summed E-state index contributed by atoms with van der Waals surface area (Å²) in [6.07, 6.45) is -0.482. The van der Waals surface area contributed by atoms with Crippen LogP contribution in [-0.2, 0) is 11.2 Å². The number of nitrogens with one attached hydrogen (secondary N) is 1. The highest BCUT2D eigenvalue weighted by molar-refractivity contribution is 5.07. The maximum atomic E-state index is 11.8. The summed E-state index contributed by atoms with van der Waals surface area (Å²) in [5.41, 5.74) is -0.873. The number of hydrogen-bond donors (Lipinski definition) is 3. The number of rotatable bonds is 4. The van der Waals surface area contributed by atoms with Crippen molar-refractivity contribution in [3.63, 3.8) is 0 Å². The molecule has 1 aromatic heterocycles. The van der Waals surface area contributed by atoms with E-state index in [1.807, 2.05) is 6.07 Å². The van der Waals surface area contributed by atoms with Crippen LogP contribution in [0.25, 0.3) is 0 Å². The second-order valence-electron chi connectivity index (χ2n) is 4.59. The predicted octanol–water partition coefficient (Wildman–Crippen LogP) is -1.37. The van der Waals surface area contributed by atoms with E-state index in [2.05, 4.69) is 4.98 Å². The van der Waals surface area contributed by atoms with Crippen LogP contribution < -0.4 is 11.2 Å². The number of nitriles is 1. The lowest BCUT2D eigenvalue weighted by atomic mass is 10.2. The third-order valence-electron chi connectivity index (χ3n) is 3.24. The number of hydrogen-bond acceptors (Lipinski definition) is 6. The molecule has 0 amide bonds. The van der Waals surface area contributed by atoms with Crippen LogP contribution in [0.3, 0.4) is 0 Å². The summed E-state index contributed by atoms with van der Waals surface area (Å²) in [6, 6.07) is 1.93. The van der Waals surface area contributed by atoms with Gasteiger partial charge in [-0.15, -0.1) is 0 Å². The highest BCUT2D eigenvalue weighted by atomic mass is 16.5.